The van der Waals surface area contributed by atoms with Gasteiger partial charge in [-0.3, -0.25) is 0 Å². The number of aliphatic hydroxyl groups excluding tert-OH is 1. The van der Waals surface area contributed by atoms with E-state index in [0.29, 0.717) is 0 Å². The molecule has 1 N–H and O–H groups in total. The van der Waals surface area contributed by atoms with Gasteiger partial charge < -0.3 is 9.84 Å². The van der Waals surface area contributed by atoms with Crippen molar-refractivity contribution in [2.24, 2.45) is 0 Å². The SMILES string of the molecule is CCCOC(CCC)CCO. The van der Waals surface area contributed by atoms with Gasteiger partial charge >= 0.3 is 0 Å². The molecule has 0 aliphatic heterocycles. The maximum absolute atomic E-state index is 8.68. The zero-order valence-electron chi connectivity index (χ0n) is 7.68. The first-order chi connectivity index (χ1) is 5.35. The van der Waals surface area contributed by atoms with Crippen LogP contribution in [0.2, 0.25) is 0 Å². The molecule has 11 heavy (non-hydrogen) atoms. The Bertz CT molecular complexity index is 68.0. The molecule has 0 aliphatic rings. The van der Waals surface area contributed by atoms with E-state index in [4.69, 9.17) is 9.84 Å². The first-order valence-corrected chi connectivity index (χ1v) is 4.57. The van der Waals surface area contributed by atoms with Crippen molar-refractivity contribution in [1.82, 2.24) is 0 Å². The highest BCUT2D eigenvalue weighted by Crippen LogP contribution is 2.06. The largest absolute Gasteiger partial charge is 0.396 e. The summed E-state index contributed by atoms with van der Waals surface area (Å²) in [6.07, 6.45) is 4.33. The molecule has 0 saturated carbocycles. The molecular weight excluding hydrogens is 140 g/mol. The van der Waals surface area contributed by atoms with Crippen molar-refractivity contribution in [3.05, 3.63) is 0 Å². The monoisotopic (exact) mass is 160 g/mol. The molecule has 0 aromatic carbocycles. The Kier molecular flexibility index (Phi) is 7.96. The second kappa shape index (κ2) is 8.02. The summed E-state index contributed by atoms with van der Waals surface area (Å²) in [5.74, 6) is 0. The van der Waals surface area contributed by atoms with E-state index in [-0.39, 0.29) is 12.7 Å². The zero-order chi connectivity index (χ0) is 8.53. The van der Waals surface area contributed by atoms with Gasteiger partial charge in [-0.25, -0.2) is 0 Å². The van der Waals surface area contributed by atoms with Crippen molar-refractivity contribution in [3.63, 3.8) is 0 Å². The fourth-order valence-corrected chi connectivity index (χ4v) is 1.06. The molecule has 0 spiro atoms. The highest BCUT2D eigenvalue weighted by atomic mass is 16.5. The highest BCUT2D eigenvalue weighted by Gasteiger charge is 2.05. The summed E-state index contributed by atoms with van der Waals surface area (Å²) < 4.78 is 5.51. The number of ether oxygens (including phenoxy) is 1. The lowest BCUT2D eigenvalue weighted by Gasteiger charge is -2.14. The first kappa shape index (κ1) is 10.9. The topological polar surface area (TPSA) is 29.5 Å². The van der Waals surface area contributed by atoms with Crippen LogP contribution < -0.4 is 0 Å². The molecule has 2 nitrogen and oxygen atoms in total. The molecule has 1 unspecified atom stereocenters. The number of aliphatic hydroxyl groups is 1. The maximum Gasteiger partial charge on any atom is 0.0596 e. The molecular formula is C9H20O2. The molecule has 0 aromatic heterocycles. The Morgan fingerprint density at radius 3 is 2.36 bits per heavy atom. The molecule has 2 heteroatoms. The van der Waals surface area contributed by atoms with E-state index < -0.39 is 0 Å². The van der Waals surface area contributed by atoms with Crippen LogP contribution in [0.1, 0.15) is 39.5 Å². The minimum atomic E-state index is 0.244. The molecule has 1 atom stereocenters. The van der Waals surface area contributed by atoms with E-state index >= 15 is 0 Å². The lowest BCUT2D eigenvalue weighted by Crippen LogP contribution is -2.14. The van der Waals surface area contributed by atoms with Gasteiger partial charge in [0.2, 0.25) is 0 Å². The smallest absolute Gasteiger partial charge is 0.0596 e. The van der Waals surface area contributed by atoms with Crippen LogP contribution in [0.15, 0.2) is 0 Å². The summed E-state index contributed by atoms with van der Waals surface area (Å²) in [5.41, 5.74) is 0. The van der Waals surface area contributed by atoms with E-state index in [1.165, 1.54) is 0 Å². The van der Waals surface area contributed by atoms with Crippen molar-refractivity contribution >= 4 is 0 Å². The first-order valence-electron chi connectivity index (χ1n) is 4.57. The fourth-order valence-electron chi connectivity index (χ4n) is 1.06. The van der Waals surface area contributed by atoms with Gasteiger partial charge in [-0.1, -0.05) is 20.3 Å². The van der Waals surface area contributed by atoms with Gasteiger partial charge in [-0.05, 0) is 19.3 Å². The van der Waals surface area contributed by atoms with Crippen molar-refractivity contribution < 1.29 is 9.84 Å². The van der Waals surface area contributed by atoms with Crippen LogP contribution in [0.25, 0.3) is 0 Å². The van der Waals surface area contributed by atoms with Crippen LogP contribution in [-0.4, -0.2) is 24.4 Å². The van der Waals surface area contributed by atoms with Gasteiger partial charge in [-0.2, -0.15) is 0 Å². The summed E-state index contributed by atoms with van der Waals surface area (Å²) in [4.78, 5) is 0. The lowest BCUT2D eigenvalue weighted by molar-refractivity contribution is 0.0303. The van der Waals surface area contributed by atoms with E-state index in [2.05, 4.69) is 13.8 Å². The molecule has 0 aliphatic carbocycles. The minimum absolute atomic E-state index is 0.244. The molecule has 0 aromatic rings. The molecule has 0 bridgehead atoms. The van der Waals surface area contributed by atoms with E-state index in [1.54, 1.807) is 0 Å². The third kappa shape index (κ3) is 6.32. The van der Waals surface area contributed by atoms with Gasteiger partial charge in [0.25, 0.3) is 0 Å². The van der Waals surface area contributed by atoms with Crippen molar-refractivity contribution in [2.75, 3.05) is 13.2 Å². The van der Waals surface area contributed by atoms with Crippen LogP contribution in [-0.2, 0) is 4.74 Å². The van der Waals surface area contributed by atoms with Gasteiger partial charge in [-0.15, -0.1) is 0 Å². The van der Waals surface area contributed by atoms with Crippen molar-refractivity contribution in [1.29, 1.82) is 0 Å². The molecule has 68 valence electrons. The summed E-state index contributed by atoms with van der Waals surface area (Å²) in [7, 11) is 0. The molecule has 0 heterocycles. The summed E-state index contributed by atoms with van der Waals surface area (Å²) in [6, 6.07) is 0. The minimum Gasteiger partial charge on any atom is -0.396 e. The molecule has 0 radical (unpaired) electrons. The standard InChI is InChI=1S/C9H20O2/c1-3-5-9(6-7-10)11-8-4-2/h9-10H,3-8H2,1-2H3. The van der Waals surface area contributed by atoms with E-state index in [0.717, 1.165) is 32.3 Å². The van der Waals surface area contributed by atoms with Crippen molar-refractivity contribution in [3.8, 4) is 0 Å². The normalized spacial score (nSPS) is 13.4. The summed E-state index contributed by atoms with van der Waals surface area (Å²) >= 11 is 0. The average Bonchev–Trinajstić information content (AvgIpc) is 2.01. The third-order valence-corrected chi connectivity index (χ3v) is 1.62. The molecule has 0 saturated heterocycles. The van der Waals surface area contributed by atoms with Gasteiger partial charge in [0.1, 0.15) is 0 Å². The molecule has 0 amide bonds. The van der Waals surface area contributed by atoms with Crippen LogP contribution in [0.4, 0.5) is 0 Å². The molecule has 0 fully saturated rings. The number of hydrogen-bond acceptors (Lipinski definition) is 2. The molecule has 0 rings (SSSR count). The van der Waals surface area contributed by atoms with Gasteiger partial charge in [0.15, 0.2) is 0 Å². The fraction of sp³-hybridized carbons (Fsp3) is 1.00. The van der Waals surface area contributed by atoms with Gasteiger partial charge in [0.05, 0.1) is 6.10 Å². The third-order valence-electron chi connectivity index (χ3n) is 1.62. The van der Waals surface area contributed by atoms with Crippen LogP contribution in [0.5, 0.6) is 0 Å². The van der Waals surface area contributed by atoms with E-state index in [1.807, 2.05) is 0 Å². The van der Waals surface area contributed by atoms with Crippen LogP contribution in [0.3, 0.4) is 0 Å². The predicted molar refractivity (Wildman–Crippen MR) is 46.6 cm³/mol. The zero-order valence-corrected chi connectivity index (χ0v) is 7.68. The maximum atomic E-state index is 8.68. The lowest BCUT2D eigenvalue weighted by atomic mass is 10.1. The number of hydrogen-bond donors (Lipinski definition) is 1. The van der Waals surface area contributed by atoms with Gasteiger partial charge in [0, 0.05) is 13.2 Å². The van der Waals surface area contributed by atoms with Crippen LogP contribution >= 0.6 is 0 Å². The average molecular weight is 160 g/mol. The Morgan fingerprint density at radius 2 is 1.91 bits per heavy atom. The Morgan fingerprint density at radius 1 is 1.18 bits per heavy atom. The number of rotatable bonds is 7. The summed E-state index contributed by atoms with van der Waals surface area (Å²) in [5, 5.41) is 8.68. The quantitative estimate of drug-likeness (QED) is 0.617. The van der Waals surface area contributed by atoms with Crippen molar-refractivity contribution in [2.45, 2.75) is 45.6 Å². The second-order valence-electron chi connectivity index (χ2n) is 2.79. The van der Waals surface area contributed by atoms with Crippen LogP contribution in [0, 0.1) is 0 Å². The Hall–Kier alpha value is -0.0800. The Balaban J connectivity index is 3.34. The predicted octanol–water partition coefficient (Wildman–Crippen LogP) is 1.96. The summed E-state index contributed by atoms with van der Waals surface area (Å²) in [6.45, 7) is 5.31. The van der Waals surface area contributed by atoms with E-state index in [9.17, 15) is 0 Å². The highest BCUT2D eigenvalue weighted by molar-refractivity contribution is 4.55. The second-order valence-corrected chi connectivity index (χ2v) is 2.79. The Labute approximate surface area is 69.6 Å².